The Morgan fingerprint density at radius 3 is 2.30 bits per heavy atom. The van der Waals surface area contributed by atoms with Crippen molar-refractivity contribution < 1.29 is 14.3 Å². The van der Waals surface area contributed by atoms with E-state index in [1.54, 1.807) is 32.4 Å². The van der Waals surface area contributed by atoms with Gasteiger partial charge in [0.25, 0.3) is 5.91 Å². The van der Waals surface area contributed by atoms with Gasteiger partial charge in [-0.3, -0.25) is 4.79 Å². The summed E-state index contributed by atoms with van der Waals surface area (Å²) in [5, 5.41) is 5.95. The third-order valence-corrected chi connectivity index (χ3v) is 3.87. The second-order valence-electron chi connectivity index (χ2n) is 5.80. The highest BCUT2D eigenvalue weighted by molar-refractivity contribution is 6.03. The van der Waals surface area contributed by atoms with E-state index in [4.69, 9.17) is 9.47 Å². The minimum Gasteiger partial charge on any atom is -0.493 e. The number of hydrogen-bond donors (Lipinski definition) is 2. The Kier molecular flexibility index (Phi) is 5.51. The van der Waals surface area contributed by atoms with E-state index < -0.39 is 0 Å². The number of hydrogen-bond acceptors (Lipinski definition) is 6. The molecule has 0 aliphatic carbocycles. The number of carbonyl (C=O) groups is 1. The molecule has 1 aromatic heterocycles. The molecule has 1 heterocycles. The average Bonchev–Trinajstić information content (AvgIpc) is 2.69. The van der Waals surface area contributed by atoms with Gasteiger partial charge in [-0.15, -0.1) is 0 Å². The quantitative estimate of drug-likeness (QED) is 0.692. The maximum Gasteiger partial charge on any atom is 0.274 e. The third-order valence-electron chi connectivity index (χ3n) is 3.87. The Morgan fingerprint density at radius 2 is 1.59 bits per heavy atom. The van der Waals surface area contributed by atoms with Crippen molar-refractivity contribution in [3.8, 4) is 11.5 Å². The highest BCUT2D eigenvalue weighted by Crippen LogP contribution is 2.30. The highest BCUT2D eigenvalue weighted by Gasteiger charge is 2.10. The molecule has 0 radical (unpaired) electrons. The molecule has 0 saturated carbocycles. The van der Waals surface area contributed by atoms with Crippen LogP contribution in [0.15, 0.2) is 54.9 Å². The topological polar surface area (TPSA) is 85.4 Å². The van der Waals surface area contributed by atoms with Gasteiger partial charge in [-0.2, -0.15) is 0 Å². The first-order chi connectivity index (χ1) is 13.1. The number of nitrogens with zero attached hydrogens (tertiary/aromatic N) is 2. The number of amides is 1. The summed E-state index contributed by atoms with van der Waals surface area (Å²) < 4.78 is 10.5. The van der Waals surface area contributed by atoms with E-state index in [1.165, 1.54) is 6.33 Å². The van der Waals surface area contributed by atoms with Gasteiger partial charge in [-0.25, -0.2) is 9.97 Å². The predicted molar refractivity (Wildman–Crippen MR) is 104 cm³/mol. The van der Waals surface area contributed by atoms with Crippen LogP contribution in [-0.4, -0.2) is 30.1 Å². The van der Waals surface area contributed by atoms with Crippen LogP contribution in [0.5, 0.6) is 11.5 Å². The number of nitrogens with one attached hydrogen (secondary N) is 2. The summed E-state index contributed by atoms with van der Waals surface area (Å²) in [6.45, 7) is 1.99. The highest BCUT2D eigenvalue weighted by atomic mass is 16.5. The van der Waals surface area contributed by atoms with Gasteiger partial charge < -0.3 is 20.1 Å². The zero-order chi connectivity index (χ0) is 19.2. The summed E-state index contributed by atoms with van der Waals surface area (Å²) in [5.41, 5.74) is 2.83. The van der Waals surface area contributed by atoms with E-state index in [0.717, 1.165) is 11.3 Å². The van der Waals surface area contributed by atoms with Crippen LogP contribution in [0.25, 0.3) is 0 Å². The summed E-state index contributed by atoms with van der Waals surface area (Å²) in [5.74, 6) is 1.40. The first kappa shape index (κ1) is 18.2. The number of methoxy groups -OCH3 is 2. The molecule has 2 aromatic carbocycles. The van der Waals surface area contributed by atoms with Gasteiger partial charge in [0.1, 0.15) is 17.8 Å². The number of rotatable bonds is 6. The molecule has 138 valence electrons. The molecule has 0 atom stereocenters. The van der Waals surface area contributed by atoms with E-state index >= 15 is 0 Å². The van der Waals surface area contributed by atoms with Gasteiger partial charge in [0.05, 0.1) is 14.2 Å². The van der Waals surface area contributed by atoms with Crippen LogP contribution in [0.1, 0.15) is 16.1 Å². The molecule has 0 bridgehead atoms. The van der Waals surface area contributed by atoms with Crippen LogP contribution in [0, 0.1) is 6.92 Å². The van der Waals surface area contributed by atoms with Crippen LogP contribution in [-0.2, 0) is 0 Å². The fraction of sp³-hybridized carbons (Fsp3) is 0.150. The van der Waals surface area contributed by atoms with Crippen molar-refractivity contribution in [2.24, 2.45) is 0 Å². The molecule has 0 spiro atoms. The minimum atomic E-state index is -0.309. The SMILES string of the molecule is COc1ccc(Nc2cc(C(=O)Nc3ccc(C)cc3)ncn2)cc1OC. The standard InChI is InChI=1S/C20H20N4O3/c1-13-4-6-14(7-5-13)24-20(25)16-11-19(22-12-21-16)23-15-8-9-17(26-2)18(10-15)27-3/h4-12H,1-3H3,(H,24,25)(H,21,22,23). The van der Waals surface area contributed by atoms with Gasteiger partial charge in [0.2, 0.25) is 0 Å². The van der Waals surface area contributed by atoms with E-state index in [9.17, 15) is 4.79 Å². The van der Waals surface area contributed by atoms with Gasteiger partial charge in [-0.1, -0.05) is 17.7 Å². The van der Waals surface area contributed by atoms with Crippen LogP contribution in [0.2, 0.25) is 0 Å². The lowest BCUT2D eigenvalue weighted by atomic mass is 10.2. The summed E-state index contributed by atoms with van der Waals surface area (Å²) in [7, 11) is 3.15. The Balaban J connectivity index is 1.75. The van der Waals surface area contributed by atoms with Gasteiger partial charge in [-0.05, 0) is 31.2 Å². The lowest BCUT2D eigenvalue weighted by Crippen LogP contribution is -2.14. The number of carbonyl (C=O) groups excluding carboxylic acids is 1. The second-order valence-corrected chi connectivity index (χ2v) is 5.80. The molecule has 7 nitrogen and oxygen atoms in total. The van der Waals surface area contributed by atoms with E-state index in [2.05, 4.69) is 20.6 Å². The second kappa shape index (κ2) is 8.18. The van der Waals surface area contributed by atoms with E-state index in [-0.39, 0.29) is 11.6 Å². The fourth-order valence-corrected chi connectivity index (χ4v) is 2.44. The first-order valence-electron chi connectivity index (χ1n) is 8.28. The van der Waals surface area contributed by atoms with E-state index in [0.29, 0.717) is 23.0 Å². The summed E-state index contributed by atoms with van der Waals surface area (Å²) in [4.78, 5) is 20.6. The van der Waals surface area contributed by atoms with Crippen molar-refractivity contribution in [1.29, 1.82) is 0 Å². The third kappa shape index (κ3) is 4.52. The van der Waals surface area contributed by atoms with Crippen molar-refractivity contribution in [1.82, 2.24) is 9.97 Å². The maximum absolute atomic E-state index is 12.4. The summed E-state index contributed by atoms with van der Waals surface area (Å²) in [6, 6.07) is 14.5. The molecule has 0 fully saturated rings. The molecule has 3 rings (SSSR count). The predicted octanol–water partition coefficient (Wildman–Crippen LogP) is 3.80. The Morgan fingerprint density at radius 1 is 0.889 bits per heavy atom. The number of anilines is 3. The number of aromatic nitrogens is 2. The van der Waals surface area contributed by atoms with Crippen molar-refractivity contribution in [2.75, 3.05) is 24.9 Å². The van der Waals surface area contributed by atoms with E-state index in [1.807, 2.05) is 37.3 Å². The minimum absolute atomic E-state index is 0.258. The maximum atomic E-state index is 12.4. The Hall–Kier alpha value is -3.61. The molecule has 0 saturated heterocycles. The molecule has 27 heavy (non-hydrogen) atoms. The average molecular weight is 364 g/mol. The number of ether oxygens (including phenoxy) is 2. The Bertz CT molecular complexity index is 942. The van der Waals surface area contributed by atoms with Crippen LogP contribution >= 0.6 is 0 Å². The van der Waals surface area contributed by atoms with Crippen LogP contribution in [0.3, 0.4) is 0 Å². The number of aryl methyl sites for hydroxylation is 1. The molecule has 1 amide bonds. The van der Waals surface area contributed by atoms with Crippen molar-refractivity contribution >= 4 is 23.1 Å². The first-order valence-corrected chi connectivity index (χ1v) is 8.28. The van der Waals surface area contributed by atoms with Gasteiger partial charge in [0, 0.05) is 23.5 Å². The van der Waals surface area contributed by atoms with Gasteiger partial charge >= 0.3 is 0 Å². The van der Waals surface area contributed by atoms with Gasteiger partial charge in [0.15, 0.2) is 11.5 Å². The fourth-order valence-electron chi connectivity index (χ4n) is 2.44. The normalized spacial score (nSPS) is 10.2. The van der Waals surface area contributed by atoms with Crippen molar-refractivity contribution in [2.45, 2.75) is 6.92 Å². The molecule has 0 aliphatic heterocycles. The largest absolute Gasteiger partial charge is 0.493 e. The van der Waals surface area contributed by atoms with Crippen molar-refractivity contribution in [3.63, 3.8) is 0 Å². The number of benzene rings is 2. The smallest absolute Gasteiger partial charge is 0.274 e. The monoisotopic (exact) mass is 364 g/mol. The zero-order valence-corrected chi connectivity index (χ0v) is 15.3. The Labute approximate surface area is 157 Å². The van der Waals surface area contributed by atoms with Crippen molar-refractivity contribution in [3.05, 3.63) is 66.1 Å². The molecule has 0 aliphatic rings. The molecule has 0 unspecified atom stereocenters. The molecule has 2 N–H and O–H groups in total. The molecule has 7 heteroatoms. The lowest BCUT2D eigenvalue weighted by Gasteiger charge is -2.11. The summed E-state index contributed by atoms with van der Waals surface area (Å²) in [6.07, 6.45) is 1.34. The van der Waals surface area contributed by atoms with Crippen LogP contribution in [0.4, 0.5) is 17.2 Å². The molecular formula is C20H20N4O3. The molecular weight excluding hydrogens is 344 g/mol. The summed E-state index contributed by atoms with van der Waals surface area (Å²) >= 11 is 0. The lowest BCUT2D eigenvalue weighted by molar-refractivity contribution is 0.102. The zero-order valence-electron chi connectivity index (χ0n) is 15.3. The molecule has 3 aromatic rings. The van der Waals surface area contributed by atoms with Crippen LogP contribution < -0.4 is 20.1 Å².